The molecule has 1 aliphatic carbocycles. The van der Waals surface area contributed by atoms with Crippen LogP contribution in [-0.2, 0) is 4.79 Å². The molecule has 0 saturated heterocycles. The lowest BCUT2D eigenvalue weighted by Crippen LogP contribution is -2.33. The summed E-state index contributed by atoms with van der Waals surface area (Å²) in [6.07, 6.45) is 2.56. The Morgan fingerprint density at radius 3 is 2.52 bits per heavy atom. The molecule has 27 heavy (non-hydrogen) atoms. The first-order valence-corrected chi connectivity index (χ1v) is 8.97. The molecule has 3 aromatic rings. The van der Waals surface area contributed by atoms with Gasteiger partial charge in [-0.15, -0.1) is 0 Å². The molecule has 1 fully saturated rings. The van der Waals surface area contributed by atoms with E-state index in [2.05, 4.69) is 10.3 Å². The van der Waals surface area contributed by atoms with Gasteiger partial charge in [0.1, 0.15) is 23.7 Å². The Hall–Kier alpha value is -2.60. The van der Waals surface area contributed by atoms with E-state index in [4.69, 9.17) is 0 Å². The van der Waals surface area contributed by atoms with E-state index in [-0.39, 0.29) is 17.3 Å². The van der Waals surface area contributed by atoms with Gasteiger partial charge in [-0.2, -0.15) is 0 Å². The number of hydrogen-bond acceptors (Lipinski definition) is 2. The highest BCUT2D eigenvalue weighted by molar-refractivity contribution is 5.92. The van der Waals surface area contributed by atoms with Gasteiger partial charge >= 0.3 is 0 Å². The van der Waals surface area contributed by atoms with E-state index < -0.39 is 11.6 Å². The number of fused-ring (bicyclic) bond motifs is 1. The summed E-state index contributed by atoms with van der Waals surface area (Å²) in [5.41, 5.74) is 2.60. The van der Waals surface area contributed by atoms with Crippen molar-refractivity contribution in [1.29, 1.82) is 0 Å². The molecule has 0 unspecified atom stereocenters. The van der Waals surface area contributed by atoms with Gasteiger partial charge in [-0.3, -0.25) is 0 Å². The Bertz CT molecular complexity index is 975. The number of H-pyrrole nitrogens is 1. The van der Waals surface area contributed by atoms with Crippen LogP contribution in [0.25, 0.3) is 22.2 Å². The summed E-state index contributed by atoms with van der Waals surface area (Å²) >= 11 is 0. The van der Waals surface area contributed by atoms with Crippen molar-refractivity contribution in [2.24, 2.45) is 5.92 Å². The number of benzene rings is 2. The van der Waals surface area contributed by atoms with Crippen molar-refractivity contribution in [2.45, 2.75) is 18.8 Å². The zero-order chi connectivity index (χ0) is 19.0. The molecule has 3 nitrogen and oxygen atoms in total. The van der Waals surface area contributed by atoms with E-state index >= 15 is 0 Å². The molecule has 1 saturated carbocycles. The number of hydrogen-bond donors (Lipinski definition) is 2. The van der Waals surface area contributed by atoms with Gasteiger partial charge in [0.15, 0.2) is 0 Å². The number of carbonyl (C=O) groups excluding carboxylic acids is 1. The molecule has 2 aromatic carbocycles. The van der Waals surface area contributed by atoms with E-state index in [0.717, 1.165) is 42.9 Å². The van der Waals surface area contributed by atoms with E-state index in [1.54, 1.807) is 12.1 Å². The molecular formula is C21H19F3N2O. The molecule has 4 rings (SSSR count). The Morgan fingerprint density at radius 2 is 1.81 bits per heavy atom. The van der Waals surface area contributed by atoms with Crippen LogP contribution in [0.2, 0.25) is 0 Å². The fraction of sp³-hybridized carbons (Fsp3) is 0.286. The molecule has 140 valence electrons. The summed E-state index contributed by atoms with van der Waals surface area (Å²) in [6.45, 7) is 1.07. The zero-order valence-electron chi connectivity index (χ0n) is 14.6. The van der Waals surface area contributed by atoms with Crippen LogP contribution >= 0.6 is 0 Å². The van der Waals surface area contributed by atoms with Crippen molar-refractivity contribution in [1.82, 2.24) is 10.3 Å². The topological polar surface area (TPSA) is 44.9 Å². The van der Waals surface area contributed by atoms with Gasteiger partial charge in [-0.1, -0.05) is 0 Å². The Morgan fingerprint density at radius 1 is 1.07 bits per heavy atom. The number of carbonyl (C=O) groups is 1. The lowest BCUT2D eigenvalue weighted by Gasteiger charge is -2.36. The SMILES string of the molecule is O=CCNCC1CC(c2c(-c3ccc(F)cc3)[nH]c3c(F)cc(F)cc23)C1. The Kier molecular flexibility index (Phi) is 4.74. The molecule has 1 aromatic heterocycles. The second-order valence-electron chi connectivity index (χ2n) is 7.09. The highest BCUT2D eigenvalue weighted by atomic mass is 19.1. The van der Waals surface area contributed by atoms with E-state index in [1.165, 1.54) is 18.2 Å². The lowest BCUT2D eigenvalue weighted by atomic mass is 9.70. The van der Waals surface area contributed by atoms with E-state index in [0.29, 0.717) is 23.5 Å². The van der Waals surface area contributed by atoms with Crippen molar-refractivity contribution in [3.63, 3.8) is 0 Å². The third-order valence-electron chi connectivity index (χ3n) is 5.30. The number of rotatable bonds is 6. The summed E-state index contributed by atoms with van der Waals surface area (Å²) in [6, 6.07) is 8.21. The second-order valence-corrected chi connectivity index (χ2v) is 7.09. The summed E-state index contributed by atoms with van der Waals surface area (Å²) < 4.78 is 41.5. The predicted octanol–water partition coefficient (Wildman–Crippen LogP) is 4.53. The maximum Gasteiger partial charge on any atom is 0.150 e. The standard InChI is InChI=1S/C21H19F3N2O/c22-15-3-1-13(2-4-15)20-19(14-7-12(8-14)11-25-5-6-27)17-9-16(23)10-18(24)21(17)26-20/h1-4,6,9-10,12,14,25-26H,5,7-8,11H2. The fourth-order valence-corrected chi connectivity index (χ4v) is 3.99. The minimum absolute atomic E-state index is 0.156. The first-order valence-electron chi connectivity index (χ1n) is 8.97. The zero-order valence-corrected chi connectivity index (χ0v) is 14.6. The normalized spacial score (nSPS) is 19.2. The molecule has 2 N–H and O–H groups in total. The van der Waals surface area contributed by atoms with Gasteiger partial charge in [-0.25, -0.2) is 13.2 Å². The van der Waals surface area contributed by atoms with Crippen LogP contribution in [-0.4, -0.2) is 24.4 Å². The molecule has 0 amide bonds. The largest absolute Gasteiger partial charge is 0.352 e. The third-order valence-corrected chi connectivity index (χ3v) is 5.30. The Balaban J connectivity index is 1.72. The minimum Gasteiger partial charge on any atom is -0.352 e. The average Bonchev–Trinajstić information content (AvgIpc) is 2.97. The maximum absolute atomic E-state index is 14.3. The monoisotopic (exact) mass is 372 g/mol. The quantitative estimate of drug-likeness (QED) is 0.493. The highest BCUT2D eigenvalue weighted by Gasteiger charge is 2.34. The smallest absolute Gasteiger partial charge is 0.150 e. The number of aromatic amines is 1. The fourth-order valence-electron chi connectivity index (χ4n) is 3.99. The van der Waals surface area contributed by atoms with Crippen LogP contribution in [0.1, 0.15) is 24.3 Å². The molecule has 0 radical (unpaired) electrons. The van der Waals surface area contributed by atoms with Crippen LogP contribution in [0, 0.1) is 23.4 Å². The summed E-state index contributed by atoms with van der Waals surface area (Å²) in [7, 11) is 0. The van der Waals surface area contributed by atoms with E-state index in [1.807, 2.05) is 0 Å². The molecule has 1 heterocycles. The summed E-state index contributed by atoms with van der Waals surface area (Å²) in [4.78, 5) is 13.5. The summed E-state index contributed by atoms with van der Waals surface area (Å²) in [5, 5.41) is 3.61. The minimum atomic E-state index is -0.636. The molecule has 6 heteroatoms. The van der Waals surface area contributed by atoms with Gasteiger partial charge in [0.25, 0.3) is 0 Å². The van der Waals surface area contributed by atoms with Crippen molar-refractivity contribution in [3.05, 3.63) is 59.4 Å². The molecule has 0 aliphatic heterocycles. The number of aromatic nitrogens is 1. The van der Waals surface area contributed by atoms with Gasteiger partial charge < -0.3 is 15.1 Å². The van der Waals surface area contributed by atoms with Crippen molar-refractivity contribution in [2.75, 3.05) is 13.1 Å². The van der Waals surface area contributed by atoms with Crippen LogP contribution < -0.4 is 5.32 Å². The third kappa shape index (κ3) is 3.37. The van der Waals surface area contributed by atoms with Crippen molar-refractivity contribution < 1.29 is 18.0 Å². The van der Waals surface area contributed by atoms with Gasteiger partial charge in [0, 0.05) is 11.5 Å². The molecule has 0 atom stereocenters. The molecule has 0 bridgehead atoms. The van der Waals surface area contributed by atoms with Gasteiger partial charge in [-0.05, 0) is 72.7 Å². The molecular weight excluding hydrogens is 353 g/mol. The molecule has 1 aliphatic rings. The van der Waals surface area contributed by atoms with Crippen molar-refractivity contribution >= 4 is 17.2 Å². The van der Waals surface area contributed by atoms with Gasteiger partial charge in [0.2, 0.25) is 0 Å². The molecule has 0 spiro atoms. The van der Waals surface area contributed by atoms with Crippen LogP contribution in [0.4, 0.5) is 13.2 Å². The van der Waals surface area contributed by atoms with Gasteiger partial charge in [0.05, 0.1) is 17.8 Å². The number of nitrogens with one attached hydrogen (secondary N) is 2. The van der Waals surface area contributed by atoms with Crippen LogP contribution in [0.3, 0.4) is 0 Å². The van der Waals surface area contributed by atoms with E-state index in [9.17, 15) is 18.0 Å². The maximum atomic E-state index is 14.3. The van der Waals surface area contributed by atoms with Crippen LogP contribution in [0.5, 0.6) is 0 Å². The summed E-state index contributed by atoms with van der Waals surface area (Å²) in [5.74, 6) is -1.03. The first-order chi connectivity index (χ1) is 13.1. The van der Waals surface area contributed by atoms with Crippen LogP contribution in [0.15, 0.2) is 36.4 Å². The number of aldehydes is 1. The van der Waals surface area contributed by atoms with Crippen molar-refractivity contribution in [3.8, 4) is 11.3 Å². The average molecular weight is 372 g/mol. The Labute approximate surface area is 154 Å². The second kappa shape index (κ2) is 7.19. The first kappa shape index (κ1) is 17.8. The highest BCUT2D eigenvalue weighted by Crippen LogP contribution is 2.48. The predicted molar refractivity (Wildman–Crippen MR) is 98.0 cm³/mol. The lowest BCUT2D eigenvalue weighted by molar-refractivity contribution is -0.107. The number of halogens is 3.